The summed E-state index contributed by atoms with van der Waals surface area (Å²) in [6, 6.07) is 15.4. The zero-order chi connectivity index (χ0) is 19.4. The minimum absolute atomic E-state index is 0.00906. The molecule has 0 spiro atoms. The summed E-state index contributed by atoms with van der Waals surface area (Å²) in [5, 5.41) is 10.1. The van der Waals surface area contributed by atoms with Crippen molar-refractivity contribution in [2.24, 2.45) is 0 Å². The first-order valence-corrected chi connectivity index (χ1v) is 8.67. The number of methoxy groups -OCH3 is 1. The van der Waals surface area contributed by atoms with E-state index in [0.29, 0.717) is 11.4 Å². The van der Waals surface area contributed by atoms with Crippen LogP contribution < -0.4 is 4.74 Å². The number of nitrogens with zero attached hydrogens (tertiary/aromatic N) is 1. The fourth-order valence-electron chi connectivity index (χ4n) is 3.65. The van der Waals surface area contributed by atoms with Crippen LogP contribution in [0.5, 0.6) is 11.5 Å². The molecule has 3 aromatic carbocycles. The van der Waals surface area contributed by atoms with E-state index in [1.54, 1.807) is 24.3 Å². The van der Waals surface area contributed by atoms with Crippen LogP contribution in [0.25, 0.3) is 22.4 Å². The Bertz CT molecular complexity index is 1270. The molecule has 0 bridgehead atoms. The van der Waals surface area contributed by atoms with Crippen LogP contribution in [0.2, 0.25) is 0 Å². The number of nitrogens with one attached hydrogen (secondary N) is 1. The van der Waals surface area contributed by atoms with Crippen molar-refractivity contribution in [3.63, 3.8) is 0 Å². The Hall–Kier alpha value is -3.93. The number of carbonyl (C=O) groups is 2. The molecule has 1 heterocycles. The highest BCUT2D eigenvalue weighted by Gasteiger charge is 2.35. The topological polar surface area (TPSA) is 92.3 Å². The van der Waals surface area contributed by atoms with Gasteiger partial charge in [-0.15, -0.1) is 0 Å². The Morgan fingerprint density at radius 2 is 1.75 bits per heavy atom. The van der Waals surface area contributed by atoms with Crippen LogP contribution in [0.1, 0.15) is 31.8 Å². The van der Waals surface area contributed by atoms with Gasteiger partial charge in [-0.2, -0.15) is 0 Å². The molecular formula is C22H14N2O4. The van der Waals surface area contributed by atoms with Gasteiger partial charge in [0.2, 0.25) is 5.78 Å². The van der Waals surface area contributed by atoms with Crippen molar-refractivity contribution in [2.75, 3.05) is 7.11 Å². The summed E-state index contributed by atoms with van der Waals surface area (Å²) < 4.78 is 5.43. The van der Waals surface area contributed by atoms with Crippen molar-refractivity contribution in [1.29, 1.82) is 0 Å². The molecule has 5 rings (SSSR count). The van der Waals surface area contributed by atoms with E-state index >= 15 is 0 Å². The number of aromatic nitrogens is 2. The number of carbonyl (C=O) groups excluding carboxylic acids is 2. The molecule has 28 heavy (non-hydrogen) atoms. The van der Waals surface area contributed by atoms with Gasteiger partial charge in [0.05, 0.1) is 29.3 Å². The number of hydrogen-bond acceptors (Lipinski definition) is 5. The maximum Gasteiger partial charge on any atom is 0.201 e. The number of para-hydroxylation sites is 2. The van der Waals surface area contributed by atoms with E-state index in [1.807, 2.05) is 24.3 Å². The number of phenolic OH excluding ortho intramolecular Hbond substituents is 1. The number of H-pyrrole nitrogens is 1. The minimum Gasteiger partial charge on any atom is -0.507 e. The normalized spacial score (nSPS) is 12.8. The molecular weight excluding hydrogens is 356 g/mol. The van der Waals surface area contributed by atoms with Gasteiger partial charge in [0, 0.05) is 16.7 Å². The van der Waals surface area contributed by atoms with Gasteiger partial charge < -0.3 is 14.8 Å². The van der Waals surface area contributed by atoms with Gasteiger partial charge >= 0.3 is 0 Å². The quantitative estimate of drug-likeness (QED) is 0.494. The van der Waals surface area contributed by atoms with Crippen molar-refractivity contribution in [3.05, 3.63) is 76.9 Å². The predicted octanol–water partition coefficient (Wildman–Crippen LogP) is 3.72. The van der Waals surface area contributed by atoms with E-state index < -0.39 is 5.78 Å². The van der Waals surface area contributed by atoms with Crippen LogP contribution in [0.4, 0.5) is 0 Å². The number of benzene rings is 3. The molecule has 0 saturated heterocycles. The van der Waals surface area contributed by atoms with Crippen molar-refractivity contribution in [1.82, 2.24) is 9.97 Å². The van der Waals surface area contributed by atoms with E-state index in [0.717, 1.165) is 11.0 Å². The van der Waals surface area contributed by atoms with Crippen LogP contribution in [0.15, 0.2) is 54.6 Å². The predicted molar refractivity (Wildman–Crippen MR) is 103 cm³/mol. The Kier molecular flexibility index (Phi) is 3.36. The zero-order valence-corrected chi connectivity index (χ0v) is 14.8. The van der Waals surface area contributed by atoms with Gasteiger partial charge in [-0.25, -0.2) is 4.98 Å². The third-order valence-electron chi connectivity index (χ3n) is 4.97. The number of imidazole rings is 1. The highest BCUT2D eigenvalue weighted by atomic mass is 16.5. The third-order valence-corrected chi connectivity index (χ3v) is 4.97. The number of ether oxygens (including phenoxy) is 1. The summed E-state index contributed by atoms with van der Waals surface area (Å²) >= 11 is 0. The Balaban J connectivity index is 1.76. The van der Waals surface area contributed by atoms with Gasteiger partial charge in [-0.05, 0) is 30.3 Å². The van der Waals surface area contributed by atoms with Crippen LogP contribution in [0, 0.1) is 0 Å². The third kappa shape index (κ3) is 2.18. The molecule has 0 unspecified atom stereocenters. The van der Waals surface area contributed by atoms with Gasteiger partial charge in [0.1, 0.15) is 17.3 Å². The summed E-state index contributed by atoms with van der Waals surface area (Å²) in [6.07, 6.45) is 0. The van der Waals surface area contributed by atoms with Crippen LogP contribution in [-0.2, 0) is 0 Å². The monoisotopic (exact) mass is 370 g/mol. The standard InChI is InChI=1S/C22H14N2O4/c1-28-17-10-11(22-23-14-6-2-3-7-15(14)24-22)9-13-19(17)21(27)18-12(20(13)26)5-4-8-16(18)25/h2-10,25H,1H3,(H,23,24). The van der Waals surface area contributed by atoms with E-state index in [-0.39, 0.29) is 39.5 Å². The lowest BCUT2D eigenvalue weighted by Gasteiger charge is -2.21. The molecule has 1 aromatic heterocycles. The molecule has 136 valence electrons. The minimum atomic E-state index is -0.435. The van der Waals surface area contributed by atoms with Gasteiger partial charge in [0.25, 0.3) is 0 Å². The fourth-order valence-corrected chi connectivity index (χ4v) is 3.65. The molecule has 1 aliphatic carbocycles. The number of fused-ring (bicyclic) bond motifs is 3. The molecule has 0 radical (unpaired) electrons. The molecule has 0 saturated carbocycles. The van der Waals surface area contributed by atoms with E-state index in [4.69, 9.17) is 4.74 Å². The number of rotatable bonds is 2. The van der Waals surface area contributed by atoms with Crippen molar-refractivity contribution in [3.8, 4) is 22.9 Å². The second-order valence-corrected chi connectivity index (χ2v) is 6.56. The number of phenols is 1. The lowest BCUT2D eigenvalue weighted by Crippen LogP contribution is -2.22. The molecule has 0 amide bonds. The Labute approximate surface area is 159 Å². The SMILES string of the molecule is COc1cc(-c2nc3ccccc3[nH]2)cc2c1C(=O)c1c(O)cccc1C2=O. The smallest absolute Gasteiger partial charge is 0.201 e. The largest absolute Gasteiger partial charge is 0.507 e. The summed E-state index contributed by atoms with van der Waals surface area (Å²) in [7, 11) is 1.44. The van der Waals surface area contributed by atoms with Gasteiger partial charge in [-0.3, -0.25) is 9.59 Å². The highest BCUT2D eigenvalue weighted by Crippen LogP contribution is 2.39. The number of aromatic hydroxyl groups is 1. The average molecular weight is 370 g/mol. The second kappa shape index (κ2) is 5.79. The maximum absolute atomic E-state index is 13.1. The summed E-state index contributed by atoms with van der Waals surface area (Å²) in [5.41, 5.74) is 2.88. The molecule has 6 heteroatoms. The molecule has 0 atom stereocenters. The molecule has 1 aliphatic rings. The number of hydrogen-bond donors (Lipinski definition) is 2. The molecule has 6 nitrogen and oxygen atoms in total. The lowest BCUT2D eigenvalue weighted by atomic mass is 9.82. The Morgan fingerprint density at radius 1 is 0.929 bits per heavy atom. The van der Waals surface area contributed by atoms with Gasteiger partial charge in [0.15, 0.2) is 5.78 Å². The summed E-state index contributed by atoms with van der Waals surface area (Å²) in [6.45, 7) is 0. The van der Waals surface area contributed by atoms with E-state index in [1.165, 1.54) is 13.2 Å². The average Bonchev–Trinajstić information content (AvgIpc) is 3.15. The summed E-state index contributed by atoms with van der Waals surface area (Å²) in [5.74, 6) is -0.151. The van der Waals surface area contributed by atoms with Crippen LogP contribution in [0.3, 0.4) is 0 Å². The van der Waals surface area contributed by atoms with E-state index in [9.17, 15) is 14.7 Å². The van der Waals surface area contributed by atoms with Crippen LogP contribution >= 0.6 is 0 Å². The van der Waals surface area contributed by atoms with Gasteiger partial charge in [-0.1, -0.05) is 24.3 Å². The maximum atomic E-state index is 13.1. The van der Waals surface area contributed by atoms with E-state index in [2.05, 4.69) is 9.97 Å². The fraction of sp³-hybridized carbons (Fsp3) is 0.0455. The van der Waals surface area contributed by atoms with Crippen LogP contribution in [-0.4, -0.2) is 33.8 Å². The first kappa shape index (κ1) is 16.3. The molecule has 0 aliphatic heterocycles. The first-order chi connectivity index (χ1) is 13.6. The lowest BCUT2D eigenvalue weighted by molar-refractivity contribution is 0.0974. The molecule has 2 N–H and O–H groups in total. The Morgan fingerprint density at radius 3 is 2.54 bits per heavy atom. The second-order valence-electron chi connectivity index (χ2n) is 6.56. The van der Waals surface area contributed by atoms with Crippen molar-refractivity contribution in [2.45, 2.75) is 0 Å². The number of ketones is 2. The highest BCUT2D eigenvalue weighted by molar-refractivity contribution is 6.30. The summed E-state index contributed by atoms with van der Waals surface area (Å²) in [4.78, 5) is 33.9. The molecule has 0 fully saturated rings. The van der Waals surface area contributed by atoms with Crippen molar-refractivity contribution >= 4 is 22.6 Å². The molecule has 4 aromatic rings. The zero-order valence-electron chi connectivity index (χ0n) is 14.8. The first-order valence-electron chi connectivity index (χ1n) is 8.67. The number of aromatic amines is 1. The van der Waals surface area contributed by atoms with Crippen molar-refractivity contribution < 1.29 is 19.4 Å².